The van der Waals surface area contributed by atoms with Crippen LogP contribution in [-0.4, -0.2) is 4.98 Å². The number of hydrogen-bond donors (Lipinski definition) is 1. The molecule has 0 bridgehead atoms. The predicted molar refractivity (Wildman–Crippen MR) is 52.7 cm³/mol. The van der Waals surface area contributed by atoms with E-state index in [0.717, 1.165) is 6.07 Å². The zero-order chi connectivity index (χ0) is 11.6. The molecule has 1 heterocycles. The quantitative estimate of drug-likeness (QED) is 0.803. The van der Waals surface area contributed by atoms with Crippen molar-refractivity contribution in [2.75, 3.05) is 5.73 Å². The summed E-state index contributed by atoms with van der Waals surface area (Å²) in [5.74, 6) is -0.142. The molecule has 84 valence electrons. The molecule has 0 saturated heterocycles. The van der Waals surface area contributed by atoms with Crippen LogP contribution >= 0.6 is 11.6 Å². The maximum absolute atomic E-state index is 12.6. The normalized spacial score (nSPS) is 11.8. The summed E-state index contributed by atoms with van der Waals surface area (Å²) < 4.78 is 37.8. The molecule has 0 atom stereocenters. The number of nitrogens with zero attached hydrogens (tertiary/aromatic N) is 1. The molecular weight excluding hydrogens is 229 g/mol. The molecule has 2 nitrogen and oxygen atoms in total. The number of halogens is 4. The average Bonchev–Trinajstić information content (AvgIpc) is 2.07. The van der Waals surface area contributed by atoms with Crippen molar-refractivity contribution in [1.29, 1.82) is 0 Å². The lowest BCUT2D eigenvalue weighted by Crippen LogP contribution is -2.12. The van der Waals surface area contributed by atoms with E-state index in [2.05, 4.69) is 4.98 Å². The van der Waals surface area contributed by atoms with Crippen molar-refractivity contribution >= 4 is 17.4 Å². The molecular formula is C9H10ClF3N2. The van der Waals surface area contributed by atoms with Crippen LogP contribution in [0.3, 0.4) is 0 Å². The van der Waals surface area contributed by atoms with Crippen molar-refractivity contribution in [3.63, 3.8) is 0 Å². The Hall–Kier alpha value is -0.970. The zero-order valence-corrected chi connectivity index (χ0v) is 8.78. The lowest BCUT2D eigenvalue weighted by molar-refractivity contribution is -0.138. The molecule has 2 N–H and O–H groups in total. The highest BCUT2D eigenvalue weighted by atomic mass is 35.5. The van der Waals surface area contributed by atoms with Crippen LogP contribution in [0.2, 0.25) is 5.15 Å². The van der Waals surface area contributed by atoms with Crippen molar-refractivity contribution in [2.45, 2.75) is 25.9 Å². The SMILES string of the molecule is CCCc1c(C(F)(F)F)cc(Cl)nc1N. The molecule has 0 radical (unpaired) electrons. The van der Waals surface area contributed by atoms with E-state index < -0.39 is 11.7 Å². The second kappa shape index (κ2) is 4.26. The Labute approximate surface area is 90.3 Å². The molecule has 0 aliphatic heterocycles. The van der Waals surface area contributed by atoms with Gasteiger partial charge in [0.05, 0.1) is 5.56 Å². The second-order valence-electron chi connectivity index (χ2n) is 3.10. The third-order valence-corrected chi connectivity index (χ3v) is 2.12. The number of pyridine rings is 1. The second-order valence-corrected chi connectivity index (χ2v) is 3.49. The first-order valence-electron chi connectivity index (χ1n) is 4.38. The molecule has 0 aliphatic rings. The zero-order valence-electron chi connectivity index (χ0n) is 8.03. The lowest BCUT2D eigenvalue weighted by atomic mass is 10.0. The summed E-state index contributed by atoms with van der Waals surface area (Å²) in [4.78, 5) is 3.61. The highest BCUT2D eigenvalue weighted by Crippen LogP contribution is 2.35. The van der Waals surface area contributed by atoms with Gasteiger partial charge in [0.1, 0.15) is 11.0 Å². The number of nitrogens with two attached hydrogens (primary N) is 1. The Morgan fingerprint density at radius 1 is 1.47 bits per heavy atom. The summed E-state index contributed by atoms with van der Waals surface area (Å²) in [6, 6.07) is 0.808. The molecule has 1 aromatic rings. The van der Waals surface area contributed by atoms with E-state index in [0.29, 0.717) is 6.42 Å². The summed E-state index contributed by atoms with van der Waals surface area (Å²) in [7, 11) is 0. The molecule has 6 heteroatoms. The summed E-state index contributed by atoms with van der Waals surface area (Å²) in [5.41, 5.74) is 4.64. The van der Waals surface area contributed by atoms with Crippen LogP contribution in [0.25, 0.3) is 0 Å². The minimum absolute atomic E-state index is 0.0226. The number of aromatic nitrogens is 1. The van der Waals surface area contributed by atoms with E-state index in [1.165, 1.54) is 0 Å². The minimum atomic E-state index is -4.44. The lowest BCUT2D eigenvalue weighted by Gasteiger charge is -2.14. The van der Waals surface area contributed by atoms with E-state index in [4.69, 9.17) is 17.3 Å². The van der Waals surface area contributed by atoms with Crippen LogP contribution in [-0.2, 0) is 12.6 Å². The molecule has 0 aromatic carbocycles. The topological polar surface area (TPSA) is 38.9 Å². The van der Waals surface area contributed by atoms with Crippen LogP contribution in [0.5, 0.6) is 0 Å². The highest BCUT2D eigenvalue weighted by Gasteiger charge is 2.34. The molecule has 0 unspecified atom stereocenters. The van der Waals surface area contributed by atoms with Gasteiger partial charge in [0.2, 0.25) is 0 Å². The summed E-state index contributed by atoms with van der Waals surface area (Å²) in [6.07, 6.45) is -3.63. The van der Waals surface area contributed by atoms with Crippen LogP contribution in [0.1, 0.15) is 24.5 Å². The molecule has 1 rings (SSSR count). The summed E-state index contributed by atoms with van der Waals surface area (Å²) >= 11 is 5.44. The van der Waals surface area contributed by atoms with Crippen molar-refractivity contribution in [3.8, 4) is 0 Å². The first kappa shape index (κ1) is 12.1. The van der Waals surface area contributed by atoms with Gasteiger partial charge in [-0.25, -0.2) is 4.98 Å². The predicted octanol–water partition coefficient (Wildman–Crippen LogP) is 3.29. The summed E-state index contributed by atoms with van der Waals surface area (Å²) in [6.45, 7) is 1.77. The monoisotopic (exact) mass is 238 g/mol. The van der Waals surface area contributed by atoms with Gasteiger partial charge in [-0.3, -0.25) is 0 Å². The van der Waals surface area contributed by atoms with Gasteiger partial charge in [-0.2, -0.15) is 13.2 Å². The molecule has 0 spiro atoms. The van der Waals surface area contributed by atoms with Gasteiger partial charge < -0.3 is 5.73 Å². The fraction of sp³-hybridized carbons (Fsp3) is 0.444. The Morgan fingerprint density at radius 2 is 2.07 bits per heavy atom. The smallest absolute Gasteiger partial charge is 0.383 e. The van der Waals surface area contributed by atoms with Crippen LogP contribution in [0.15, 0.2) is 6.07 Å². The Kier molecular flexibility index (Phi) is 3.44. The van der Waals surface area contributed by atoms with Gasteiger partial charge >= 0.3 is 6.18 Å². The van der Waals surface area contributed by atoms with Gasteiger partial charge in [-0.1, -0.05) is 24.9 Å². The van der Waals surface area contributed by atoms with Crippen LogP contribution in [0.4, 0.5) is 19.0 Å². The van der Waals surface area contributed by atoms with E-state index in [-0.39, 0.29) is 23.0 Å². The largest absolute Gasteiger partial charge is 0.416 e. The average molecular weight is 239 g/mol. The molecule has 15 heavy (non-hydrogen) atoms. The van der Waals surface area contributed by atoms with Crippen LogP contribution in [0, 0.1) is 0 Å². The van der Waals surface area contributed by atoms with Crippen molar-refractivity contribution in [1.82, 2.24) is 4.98 Å². The van der Waals surface area contributed by atoms with Crippen molar-refractivity contribution in [3.05, 3.63) is 22.3 Å². The summed E-state index contributed by atoms with van der Waals surface area (Å²) in [5, 5.41) is -0.236. The van der Waals surface area contributed by atoms with Gasteiger partial charge in [0.25, 0.3) is 0 Å². The van der Waals surface area contributed by atoms with E-state index >= 15 is 0 Å². The maximum Gasteiger partial charge on any atom is 0.416 e. The molecule has 0 aliphatic carbocycles. The Balaban J connectivity index is 3.33. The maximum atomic E-state index is 12.6. The number of hydrogen-bond acceptors (Lipinski definition) is 2. The Bertz CT molecular complexity index is 363. The van der Waals surface area contributed by atoms with Crippen molar-refractivity contribution < 1.29 is 13.2 Å². The first-order chi connectivity index (χ1) is 6.86. The first-order valence-corrected chi connectivity index (χ1v) is 4.76. The standard InChI is InChI=1S/C9H10ClF3N2/c1-2-3-5-6(9(11,12)13)4-7(10)15-8(5)14/h4H,2-3H2,1H3,(H2,14,15). The van der Waals surface area contributed by atoms with Crippen LogP contribution < -0.4 is 5.73 Å². The number of anilines is 1. The fourth-order valence-electron chi connectivity index (χ4n) is 1.32. The van der Waals surface area contributed by atoms with E-state index in [9.17, 15) is 13.2 Å². The molecule has 0 saturated carbocycles. The number of rotatable bonds is 2. The van der Waals surface area contributed by atoms with Gasteiger partial charge in [0, 0.05) is 5.56 Å². The van der Waals surface area contributed by atoms with Gasteiger partial charge in [-0.05, 0) is 12.5 Å². The molecule has 1 aromatic heterocycles. The van der Waals surface area contributed by atoms with Gasteiger partial charge in [-0.15, -0.1) is 0 Å². The van der Waals surface area contributed by atoms with Crippen molar-refractivity contribution in [2.24, 2.45) is 0 Å². The minimum Gasteiger partial charge on any atom is -0.383 e. The molecule has 0 amide bonds. The van der Waals surface area contributed by atoms with E-state index in [1.54, 1.807) is 6.92 Å². The molecule has 0 fully saturated rings. The van der Waals surface area contributed by atoms with E-state index in [1.807, 2.05) is 0 Å². The van der Waals surface area contributed by atoms with Gasteiger partial charge in [0.15, 0.2) is 0 Å². The fourth-order valence-corrected chi connectivity index (χ4v) is 1.52. The Morgan fingerprint density at radius 3 is 2.53 bits per heavy atom. The third-order valence-electron chi connectivity index (χ3n) is 1.93. The highest BCUT2D eigenvalue weighted by molar-refractivity contribution is 6.29. The number of nitrogen functional groups attached to an aromatic ring is 1. The number of alkyl halides is 3. The third kappa shape index (κ3) is 2.75.